The number of hydrogen-bond donors (Lipinski definition) is 2. The number of hydrogen-bond acceptors (Lipinski definition) is 9. The number of rotatable bonds is 11. The highest BCUT2D eigenvalue weighted by Gasteiger charge is 2.15. The summed E-state index contributed by atoms with van der Waals surface area (Å²) in [5.41, 5.74) is 2.11. The minimum absolute atomic E-state index is 0.121. The van der Waals surface area contributed by atoms with Gasteiger partial charge in [-0.2, -0.15) is 0 Å². The second-order valence-corrected chi connectivity index (χ2v) is 8.24. The minimum atomic E-state index is -0.485. The van der Waals surface area contributed by atoms with Crippen molar-refractivity contribution in [3.63, 3.8) is 0 Å². The van der Waals surface area contributed by atoms with Gasteiger partial charge < -0.3 is 24.8 Å². The van der Waals surface area contributed by atoms with Gasteiger partial charge in [-0.1, -0.05) is 17.7 Å². The molecular weight excluding hydrogens is 488 g/mol. The van der Waals surface area contributed by atoms with Gasteiger partial charge in [0.05, 0.1) is 19.2 Å². The lowest BCUT2D eigenvalue weighted by molar-refractivity contribution is -0.141. The van der Waals surface area contributed by atoms with E-state index in [1.165, 1.54) is 27.3 Å². The van der Waals surface area contributed by atoms with Gasteiger partial charge in [-0.05, 0) is 36.6 Å². The second-order valence-electron chi connectivity index (χ2n) is 7.81. The lowest BCUT2D eigenvalue weighted by Gasteiger charge is -2.15. The van der Waals surface area contributed by atoms with Crippen molar-refractivity contribution in [1.29, 1.82) is 0 Å². The van der Waals surface area contributed by atoms with Crippen LogP contribution in [0.25, 0.3) is 10.9 Å². The molecule has 2 aromatic carbocycles. The molecule has 2 N–H and O–H groups in total. The predicted octanol–water partition coefficient (Wildman–Crippen LogP) is 3.96. The van der Waals surface area contributed by atoms with E-state index < -0.39 is 5.97 Å². The van der Waals surface area contributed by atoms with E-state index in [-0.39, 0.29) is 30.7 Å². The van der Waals surface area contributed by atoms with E-state index in [4.69, 9.17) is 25.8 Å². The number of nitrogens with zero attached hydrogens (tertiary/aromatic N) is 2. The fraction of sp³-hybridized carbons (Fsp3) is 0.320. The van der Waals surface area contributed by atoms with Crippen LogP contribution in [-0.2, 0) is 25.5 Å². The number of halogens is 1. The molecule has 0 saturated carbocycles. The van der Waals surface area contributed by atoms with Gasteiger partial charge in [-0.3, -0.25) is 14.4 Å². The van der Waals surface area contributed by atoms with Gasteiger partial charge in [0.25, 0.3) is 0 Å². The van der Waals surface area contributed by atoms with Gasteiger partial charge in [0.2, 0.25) is 5.91 Å². The highest BCUT2D eigenvalue weighted by Crippen LogP contribution is 2.35. The molecule has 3 rings (SSSR count). The Morgan fingerprint density at radius 2 is 1.83 bits per heavy atom. The monoisotopic (exact) mass is 514 g/mol. The SMILES string of the molecule is COc1cc2ncnc(Nc3cc(Cl)ccc3CCC(=O)NCCCOC(C)=O)c2cc1OC(C)=O. The van der Waals surface area contributed by atoms with Crippen molar-refractivity contribution in [3.8, 4) is 11.5 Å². The van der Waals surface area contributed by atoms with Crippen LogP contribution >= 0.6 is 11.6 Å². The molecule has 0 radical (unpaired) electrons. The van der Waals surface area contributed by atoms with Crippen LogP contribution in [0.2, 0.25) is 5.02 Å². The molecule has 0 unspecified atom stereocenters. The summed E-state index contributed by atoms with van der Waals surface area (Å²) < 4.78 is 15.5. The molecule has 0 spiro atoms. The number of fused-ring (bicyclic) bond motifs is 1. The third-order valence-corrected chi connectivity index (χ3v) is 5.30. The summed E-state index contributed by atoms with van der Waals surface area (Å²) in [7, 11) is 1.48. The van der Waals surface area contributed by atoms with Crippen molar-refractivity contribution in [2.45, 2.75) is 33.1 Å². The molecule has 1 amide bonds. The molecule has 36 heavy (non-hydrogen) atoms. The van der Waals surface area contributed by atoms with Crippen LogP contribution < -0.4 is 20.1 Å². The Labute approximate surface area is 213 Å². The zero-order valence-electron chi connectivity index (χ0n) is 20.2. The van der Waals surface area contributed by atoms with Crippen molar-refractivity contribution >= 4 is 51.9 Å². The number of esters is 2. The molecule has 0 aliphatic carbocycles. The summed E-state index contributed by atoms with van der Waals surface area (Å²) in [5, 5.41) is 7.20. The number of carbonyl (C=O) groups excluding carboxylic acids is 3. The van der Waals surface area contributed by atoms with Crippen molar-refractivity contribution in [1.82, 2.24) is 15.3 Å². The molecule has 1 heterocycles. The number of carbonyl (C=O) groups is 3. The number of methoxy groups -OCH3 is 1. The van der Waals surface area contributed by atoms with Crippen LogP contribution in [-0.4, -0.2) is 48.1 Å². The summed E-state index contributed by atoms with van der Waals surface area (Å²) in [6.45, 7) is 3.33. The minimum Gasteiger partial charge on any atom is -0.493 e. The number of ether oxygens (including phenoxy) is 3. The summed E-state index contributed by atoms with van der Waals surface area (Å²) >= 11 is 6.24. The van der Waals surface area contributed by atoms with Crippen LogP contribution in [0.15, 0.2) is 36.7 Å². The van der Waals surface area contributed by atoms with Crippen LogP contribution in [0.4, 0.5) is 11.5 Å². The highest BCUT2D eigenvalue weighted by atomic mass is 35.5. The molecule has 0 fully saturated rings. The van der Waals surface area contributed by atoms with Crippen LogP contribution in [0.3, 0.4) is 0 Å². The summed E-state index contributed by atoms with van der Waals surface area (Å²) in [4.78, 5) is 43.2. The molecule has 190 valence electrons. The number of amides is 1. The van der Waals surface area contributed by atoms with Crippen molar-refractivity contribution in [2.24, 2.45) is 0 Å². The molecule has 0 aliphatic rings. The Bertz CT molecular complexity index is 1270. The van der Waals surface area contributed by atoms with Gasteiger partial charge in [-0.15, -0.1) is 0 Å². The van der Waals surface area contributed by atoms with E-state index >= 15 is 0 Å². The molecule has 0 atom stereocenters. The predicted molar refractivity (Wildman–Crippen MR) is 135 cm³/mol. The molecule has 10 nitrogen and oxygen atoms in total. The normalized spacial score (nSPS) is 10.6. The fourth-order valence-electron chi connectivity index (χ4n) is 3.42. The summed E-state index contributed by atoms with van der Waals surface area (Å²) in [5.74, 6) is 0.124. The Balaban J connectivity index is 1.76. The number of aryl methyl sites for hydroxylation is 1. The summed E-state index contributed by atoms with van der Waals surface area (Å²) in [6, 6.07) is 8.63. The Morgan fingerprint density at radius 1 is 1.03 bits per heavy atom. The zero-order chi connectivity index (χ0) is 26.1. The maximum Gasteiger partial charge on any atom is 0.308 e. The number of nitrogens with one attached hydrogen (secondary N) is 2. The van der Waals surface area contributed by atoms with Crippen LogP contribution in [0, 0.1) is 0 Å². The van der Waals surface area contributed by atoms with Crippen molar-refractivity contribution in [3.05, 3.63) is 47.2 Å². The topological polar surface area (TPSA) is 129 Å². The fourth-order valence-corrected chi connectivity index (χ4v) is 3.59. The average Bonchev–Trinajstić information content (AvgIpc) is 2.82. The van der Waals surface area contributed by atoms with E-state index in [9.17, 15) is 14.4 Å². The third kappa shape index (κ3) is 7.54. The number of benzene rings is 2. The molecule has 0 saturated heterocycles. The largest absolute Gasteiger partial charge is 0.493 e. The number of anilines is 2. The Hall–Kier alpha value is -3.92. The van der Waals surface area contributed by atoms with Gasteiger partial charge in [-0.25, -0.2) is 9.97 Å². The van der Waals surface area contributed by atoms with Gasteiger partial charge in [0.1, 0.15) is 12.1 Å². The van der Waals surface area contributed by atoms with E-state index in [2.05, 4.69) is 20.6 Å². The molecule has 0 aliphatic heterocycles. The smallest absolute Gasteiger partial charge is 0.308 e. The molecular formula is C25H27ClN4O6. The van der Waals surface area contributed by atoms with Crippen molar-refractivity contribution in [2.75, 3.05) is 25.6 Å². The standard InChI is InChI=1S/C25H27ClN4O6/c1-15(31)35-10-4-9-27-24(33)8-6-17-5-7-18(26)11-20(17)30-25-19-12-23(36-16(2)32)22(34-3)13-21(19)28-14-29-25/h5,7,11-14H,4,6,8-10H2,1-3H3,(H,27,33)(H,28,29,30). The quantitative estimate of drug-likeness (QED) is 0.222. The van der Waals surface area contributed by atoms with Gasteiger partial charge in [0, 0.05) is 49.0 Å². The average molecular weight is 515 g/mol. The van der Waals surface area contributed by atoms with Crippen LogP contribution in [0.1, 0.15) is 32.3 Å². The van der Waals surface area contributed by atoms with E-state index in [1.807, 2.05) is 6.07 Å². The Kier molecular flexibility index (Phi) is 9.40. The first-order chi connectivity index (χ1) is 17.3. The molecule has 1 aromatic heterocycles. The van der Waals surface area contributed by atoms with Gasteiger partial charge >= 0.3 is 11.9 Å². The van der Waals surface area contributed by atoms with E-state index in [0.717, 1.165) is 5.56 Å². The maximum absolute atomic E-state index is 12.3. The Morgan fingerprint density at radius 3 is 2.56 bits per heavy atom. The molecule has 3 aromatic rings. The summed E-state index contributed by atoms with van der Waals surface area (Å²) in [6.07, 6.45) is 2.65. The van der Waals surface area contributed by atoms with Crippen LogP contribution in [0.5, 0.6) is 11.5 Å². The first-order valence-electron chi connectivity index (χ1n) is 11.2. The first-order valence-corrected chi connectivity index (χ1v) is 11.6. The third-order valence-electron chi connectivity index (χ3n) is 5.07. The molecule has 0 bridgehead atoms. The highest BCUT2D eigenvalue weighted by molar-refractivity contribution is 6.30. The van der Waals surface area contributed by atoms with Gasteiger partial charge in [0.15, 0.2) is 11.5 Å². The zero-order valence-corrected chi connectivity index (χ0v) is 21.0. The first kappa shape index (κ1) is 26.7. The number of aromatic nitrogens is 2. The lowest BCUT2D eigenvalue weighted by atomic mass is 10.1. The second kappa shape index (κ2) is 12.7. The molecule has 11 heteroatoms. The van der Waals surface area contributed by atoms with E-state index in [0.29, 0.717) is 52.6 Å². The lowest BCUT2D eigenvalue weighted by Crippen LogP contribution is -2.25. The maximum atomic E-state index is 12.3. The van der Waals surface area contributed by atoms with Crippen molar-refractivity contribution < 1.29 is 28.6 Å². The van der Waals surface area contributed by atoms with E-state index in [1.54, 1.807) is 24.3 Å².